The first-order valence-corrected chi connectivity index (χ1v) is 10.3. The summed E-state index contributed by atoms with van der Waals surface area (Å²) in [5.41, 5.74) is 5.06. The van der Waals surface area contributed by atoms with Crippen LogP contribution in [-0.2, 0) is 17.8 Å². The summed E-state index contributed by atoms with van der Waals surface area (Å²) < 4.78 is 0. The Kier molecular flexibility index (Phi) is 4.60. The van der Waals surface area contributed by atoms with Gasteiger partial charge >= 0.3 is 0 Å². The molecule has 150 valence electrons. The van der Waals surface area contributed by atoms with Crippen LogP contribution in [0.3, 0.4) is 0 Å². The lowest BCUT2D eigenvalue weighted by Gasteiger charge is -2.30. The molecule has 0 unspecified atom stereocenters. The molecule has 0 bridgehead atoms. The van der Waals surface area contributed by atoms with E-state index in [0.717, 1.165) is 37.2 Å². The van der Waals surface area contributed by atoms with Crippen LogP contribution in [0.4, 0.5) is 5.69 Å². The summed E-state index contributed by atoms with van der Waals surface area (Å²) in [7, 11) is 0. The van der Waals surface area contributed by atoms with E-state index in [1.165, 1.54) is 11.1 Å². The van der Waals surface area contributed by atoms with E-state index >= 15 is 0 Å². The summed E-state index contributed by atoms with van der Waals surface area (Å²) in [6, 6.07) is 13.9. The monoisotopic (exact) mass is 391 g/mol. The van der Waals surface area contributed by atoms with E-state index in [-0.39, 0.29) is 24.3 Å². The highest BCUT2D eigenvalue weighted by Gasteiger charge is 2.48. The minimum absolute atomic E-state index is 0.0542. The minimum Gasteiger partial charge on any atom is -0.390 e. The number of β-amino-alcohol motifs (C(OH)–C–C–N with tert-alkyl or cyclic N) is 1. The number of hydrogen-bond donors (Lipinski definition) is 3. The van der Waals surface area contributed by atoms with Gasteiger partial charge in [0.1, 0.15) is 0 Å². The maximum atomic E-state index is 12.5. The maximum Gasteiger partial charge on any atom is 0.251 e. The van der Waals surface area contributed by atoms with Crippen molar-refractivity contribution in [1.29, 1.82) is 0 Å². The predicted molar refractivity (Wildman–Crippen MR) is 110 cm³/mol. The third-order valence-corrected chi connectivity index (χ3v) is 6.28. The molecule has 1 aliphatic carbocycles. The molecular formula is C23H25N3O3. The Morgan fingerprint density at radius 1 is 1.21 bits per heavy atom. The van der Waals surface area contributed by atoms with Crippen LogP contribution in [-0.4, -0.2) is 47.6 Å². The minimum atomic E-state index is -0.631. The van der Waals surface area contributed by atoms with E-state index in [0.29, 0.717) is 18.0 Å². The Morgan fingerprint density at radius 2 is 2.03 bits per heavy atom. The van der Waals surface area contributed by atoms with Crippen LogP contribution < -0.4 is 10.6 Å². The van der Waals surface area contributed by atoms with Crippen LogP contribution in [0.25, 0.3) is 0 Å². The molecule has 6 nitrogen and oxygen atoms in total. The van der Waals surface area contributed by atoms with Gasteiger partial charge in [0, 0.05) is 43.3 Å². The predicted octanol–water partition coefficient (Wildman–Crippen LogP) is 1.89. The average molecular weight is 391 g/mol. The third-order valence-electron chi connectivity index (χ3n) is 6.28. The smallest absolute Gasteiger partial charge is 0.251 e. The van der Waals surface area contributed by atoms with Gasteiger partial charge in [-0.2, -0.15) is 0 Å². The third kappa shape index (κ3) is 3.66. The zero-order valence-electron chi connectivity index (χ0n) is 16.2. The van der Waals surface area contributed by atoms with E-state index in [1.807, 2.05) is 12.1 Å². The van der Waals surface area contributed by atoms with Gasteiger partial charge in [0.25, 0.3) is 5.91 Å². The van der Waals surface area contributed by atoms with Crippen LogP contribution >= 0.6 is 0 Å². The first-order chi connectivity index (χ1) is 14.1. The number of rotatable bonds is 5. The van der Waals surface area contributed by atoms with E-state index in [4.69, 9.17) is 0 Å². The molecule has 6 heteroatoms. The Balaban J connectivity index is 1.15. The lowest BCUT2D eigenvalue weighted by Crippen LogP contribution is -2.42. The van der Waals surface area contributed by atoms with Gasteiger partial charge in [0.15, 0.2) is 0 Å². The number of nitrogens with zero attached hydrogens (tertiary/aromatic N) is 1. The molecule has 0 aromatic heterocycles. The highest BCUT2D eigenvalue weighted by molar-refractivity contribution is 6.02. The Hall–Kier alpha value is -2.70. The molecular weight excluding hydrogens is 366 g/mol. The SMILES string of the molecule is O=C(NC[C@H](O)CN1CCc2ccccc2C1)c1ccc2c(c1)NC(=O)[C@H]1C[C@@H]21. The molecule has 5 rings (SSSR count). The average Bonchev–Trinajstić information content (AvgIpc) is 3.53. The van der Waals surface area contributed by atoms with Crippen LogP contribution in [0.2, 0.25) is 0 Å². The number of nitrogens with one attached hydrogen (secondary N) is 2. The number of aliphatic hydroxyl groups excluding tert-OH is 1. The van der Waals surface area contributed by atoms with Crippen molar-refractivity contribution in [3.63, 3.8) is 0 Å². The van der Waals surface area contributed by atoms with Crippen molar-refractivity contribution in [2.75, 3.05) is 25.0 Å². The van der Waals surface area contributed by atoms with E-state index < -0.39 is 6.10 Å². The van der Waals surface area contributed by atoms with Crippen LogP contribution in [0.15, 0.2) is 42.5 Å². The van der Waals surface area contributed by atoms with Gasteiger partial charge in [-0.1, -0.05) is 30.3 Å². The normalized spacial score (nSPS) is 23.3. The Labute approximate surface area is 169 Å². The van der Waals surface area contributed by atoms with Crippen LogP contribution in [0, 0.1) is 5.92 Å². The summed E-state index contributed by atoms with van der Waals surface area (Å²) in [5.74, 6) is 0.244. The molecule has 2 heterocycles. The summed E-state index contributed by atoms with van der Waals surface area (Å²) in [5, 5.41) is 16.1. The molecule has 1 fully saturated rings. The summed E-state index contributed by atoms with van der Waals surface area (Å²) in [4.78, 5) is 26.6. The molecule has 29 heavy (non-hydrogen) atoms. The number of carbonyl (C=O) groups excluding carboxylic acids is 2. The molecule has 2 aromatic carbocycles. The van der Waals surface area contributed by atoms with Crippen LogP contribution in [0.5, 0.6) is 0 Å². The number of amides is 2. The topological polar surface area (TPSA) is 81.7 Å². The van der Waals surface area contributed by atoms with Gasteiger partial charge in [-0.3, -0.25) is 14.5 Å². The zero-order chi connectivity index (χ0) is 20.0. The van der Waals surface area contributed by atoms with E-state index in [9.17, 15) is 14.7 Å². The molecule has 0 saturated heterocycles. The molecule has 0 spiro atoms. The largest absolute Gasteiger partial charge is 0.390 e. The fourth-order valence-corrected chi connectivity index (χ4v) is 4.57. The summed E-state index contributed by atoms with van der Waals surface area (Å²) in [6.07, 6.45) is 1.25. The van der Waals surface area contributed by atoms with Gasteiger partial charge in [-0.25, -0.2) is 0 Å². The second kappa shape index (κ2) is 7.28. The number of hydrogen-bond acceptors (Lipinski definition) is 4. The van der Waals surface area contributed by atoms with Crippen molar-refractivity contribution in [2.45, 2.75) is 31.4 Å². The first kappa shape index (κ1) is 18.3. The first-order valence-electron chi connectivity index (χ1n) is 10.3. The van der Waals surface area contributed by atoms with E-state index in [1.54, 1.807) is 12.1 Å². The van der Waals surface area contributed by atoms with Crippen molar-refractivity contribution in [3.8, 4) is 0 Å². The molecule has 2 aliphatic heterocycles. The lowest BCUT2D eigenvalue weighted by molar-refractivity contribution is -0.117. The molecule has 2 amide bonds. The summed E-state index contributed by atoms with van der Waals surface area (Å²) in [6.45, 7) is 2.46. The fourth-order valence-electron chi connectivity index (χ4n) is 4.57. The Morgan fingerprint density at radius 3 is 2.90 bits per heavy atom. The highest BCUT2D eigenvalue weighted by Crippen LogP contribution is 2.53. The van der Waals surface area contributed by atoms with Crippen molar-refractivity contribution < 1.29 is 14.7 Å². The zero-order valence-corrected chi connectivity index (χ0v) is 16.2. The van der Waals surface area contributed by atoms with Gasteiger partial charge in [-0.15, -0.1) is 0 Å². The van der Waals surface area contributed by atoms with Crippen molar-refractivity contribution >= 4 is 17.5 Å². The van der Waals surface area contributed by atoms with E-state index in [2.05, 4.69) is 33.7 Å². The molecule has 1 saturated carbocycles. The molecule has 3 atom stereocenters. The molecule has 3 aliphatic rings. The van der Waals surface area contributed by atoms with Gasteiger partial charge in [0.2, 0.25) is 5.91 Å². The van der Waals surface area contributed by atoms with Crippen LogP contribution in [0.1, 0.15) is 39.4 Å². The molecule has 2 aromatic rings. The van der Waals surface area contributed by atoms with Crippen molar-refractivity contribution in [2.24, 2.45) is 5.92 Å². The van der Waals surface area contributed by atoms with Gasteiger partial charge in [0.05, 0.1) is 6.10 Å². The van der Waals surface area contributed by atoms with Gasteiger partial charge in [-0.05, 0) is 47.6 Å². The quantitative estimate of drug-likeness (QED) is 0.727. The molecule has 3 N–H and O–H groups in total. The number of aliphatic hydroxyl groups is 1. The van der Waals surface area contributed by atoms with Crippen molar-refractivity contribution in [3.05, 3.63) is 64.7 Å². The second-order valence-corrected chi connectivity index (χ2v) is 8.36. The second-order valence-electron chi connectivity index (χ2n) is 8.36. The lowest BCUT2D eigenvalue weighted by atomic mass is 9.99. The highest BCUT2D eigenvalue weighted by atomic mass is 16.3. The fraction of sp³-hybridized carbons (Fsp3) is 0.391. The number of fused-ring (bicyclic) bond motifs is 4. The number of anilines is 1. The Bertz CT molecular complexity index is 974. The molecule has 0 radical (unpaired) electrons. The summed E-state index contributed by atoms with van der Waals surface area (Å²) >= 11 is 0. The van der Waals surface area contributed by atoms with Gasteiger partial charge < -0.3 is 15.7 Å². The standard InChI is InChI=1S/C23H25N3O3/c27-17(13-26-8-7-14-3-1-2-4-16(14)12-26)11-24-22(28)15-5-6-18-19-10-20(19)23(29)25-21(18)9-15/h1-6,9,17,19-20,27H,7-8,10-13H2,(H,24,28)(H,25,29)/t17-,19-,20-/m0/s1. The maximum absolute atomic E-state index is 12.5. The number of carbonyl (C=O) groups is 2. The number of benzene rings is 2. The van der Waals surface area contributed by atoms with Crippen molar-refractivity contribution in [1.82, 2.24) is 10.2 Å².